The number of carbonyl (C=O) groups excluding carboxylic acids is 3. The second kappa shape index (κ2) is 8.89. The number of benzene rings is 1. The number of ether oxygens (including phenoxy) is 3. The molecule has 9 nitrogen and oxygen atoms in total. The quantitative estimate of drug-likeness (QED) is 0.712. The van der Waals surface area contributed by atoms with E-state index in [1.54, 1.807) is 18.2 Å². The van der Waals surface area contributed by atoms with Crippen LogP contribution in [-0.4, -0.2) is 61.1 Å². The number of rotatable bonds is 6. The normalized spacial score (nSPS) is 19.9. The summed E-state index contributed by atoms with van der Waals surface area (Å²) in [4.78, 5) is 38.3. The fourth-order valence-electron chi connectivity index (χ4n) is 3.47. The summed E-state index contributed by atoms with van der Waals surface area (Å²) in [5.74, 6) is 0.0417. The Morgan fingerprint density at radius 3 is 2.77 bits per heavy atom. The number of furan rings is 1. The molecule has 1 aromatic heterocycles. The van der Waals surface area contributed by atoms with Gasteiger partial charge in [-0.3, -0.25) is 9.59 Å². The molecule has 3 heterocycles. The van der Waals surface area contributed by atoms with Crippen molar-refractivity contribution in [2.45, 2.75) is 25.0 Å². The summed E-state index contributed by atoms with van der Waals surface area (Å²) in [6.45, 7) is 0.536. The number of hydrogen-bond donors (Lipinski definition) is 1. The highest BCUT2D eigenvalue weighted by molar-refractivity contribution is 5.95. The summed E-state index contributed by atoms with van der Waals surface area (Å²) >= 11 is 0. The highest BCUT2D eigenvalue weighted by Crippen LogP contribution is 2.30. The zero-order valence-electron chi connectivity index (χ0n) is 16.2. The van der Waals surface area contributed by atoms with Gasteiger partial charge in [-0.25, -0.2) is 4.79 Å². The van der Waals surface area contributed by atoms with Crippen LogP contribution < -0.4 is 14.8 Å². The Balaban J connectivity index is 1.22. The van der Waals surface area contributed by atoms with E-state index in [4.69, 9.17) is 18.6 Å². The third-order valence-corrected chi connectivity index (χ3v) is 4.96. The molecule has 0 radical (unpaired) electrons. The molecule has 2 amide bonds. The van der Waals surface area contributed by atoms with Crippen LogP contribution >= 0.6 is 0 Å². The molecular weight excluding hydrogens is 392 g/mol. The molecule has 2 atom stereocenters. The Morgan fingerprint density at radius 1 is 1.13 bits per heavy atom. The molecule has 2 aromatic rings. The van der Waals surface area contributed by atoms with E-state index >= 15 is 0 Å². The Bertz CT molecular complexity index is 912. The van der Waals surface area contributed by atoms with Crippen LogP contribution in [0.25, 0.3) is 0 Å². The summed E-state index contributed by atoms with van der Waals surface area (Å²) in [5.41, 5.74) is 0. The standard InChI is InChI=1S/C21H22N2O7/c24-19(22-11-14-12-28-16-6-1-2-7-17(16)30-14)13-29-21(26)15-5-3-9-23(15)20(25)18-8-4-10-27-18/h1-2,4,6-8,10,14-15H,3,5,9,11-13H2,(H,22,24)/t14?,15-/m0/s1. The van der Waals surface area contributed by atoms with Crippen LogP contribution in [0.15, 0.2) is 47.1 Å². The van der Waals surface area contributed by atoms with Crippen molar-refractivity contribution < 1.29 is 33.0 Å². The van der Waals surface area contributed by atoms with Crippen molar-refractivity contribution in [1.29, 1.82) is 0 Å². The molecule has 158 valence electrons. The van der Waals surface area contributed by atoms with Gasteiger partial charge in [0.15, 0.2) is 23.9 Å². The number of carbonyl (C=O) groups is 3. The van der Waals surface area contributed by atoms with Crippen LogP contribution in [0, 0.1) is 0 Å². The van der Waals surface area contributed by atoms with E-state index in [1.807, 2.05) is 18.2 Å². The van der Waals surface area contributed by atoms with Gasteiger partial charge in [0.05, 0.1) is 12.8 Å². The van der Waals surface area contributed by atoms with E-state index in [-0.39, 0.29) is 24.3 Å². The van der Waals surface area contributed by atoms with Gasteiger partial charge in [0.25, 0.3) is 11.8 Å². The molecule has 9 heteroatoms. The van der Waals surface area contributed by atoms with E-state index in [1.165, 1.54) is 11.2 Å². The number of esters is 1. The topological polar surface area (TPSA) is 107 Å². The molecule has 1 fully saturated rings. The maximum absolute atomic E-state index is 12.4. The second-order valence-electron chi connectivity index (χ2n) is 7.04. The molecule has 4 rings (SSSR count). The van der Waals surface area contributed by atoms with Gasteiger partial charge in [-0.2, -0.15) is 0 Å². The van der Waals surface area contributed by atoms with Crippen LogP contribution in [0.1, 0.15) is 23.4 Å². The first-order valence-electron chi connectivity index (χ1n) is 9.78. The number of amides is 2. The molecule has 30 heavy (non-hydrogen) atoms. The molecule has 0 spiro atoms. The van der Waals surface area contributed by atoms with Crippen molar-refractivity contribution in [3.8, 4) is 11.5 Å². The van der Waals surface area contributed by atoms with Crippen LogP contribution in [0.5, 0.6) is 11.5 Å². The lowest BCUT2D eigenvalue weighted by Gasteiger charge is -2.26. The van der Waals surface area contributed by atoms with Gasteiger partial charge in [-0.15, -0.1) is 0 Å². The Kier molecular flexibility index (Phi) is 5.87. The van der Waals surface area contributed by atoms with Gasteiger partial charge in [0.1, 0.15) is 18.8 Å². The fraction of sp³-hybridized carbons (Fsp3) is 0.381. The summed E-state index contributed by atoms with van der Waals surface area (Å²) in [5, 5.41) is 2.67. The minimum atomic E-state index is -0.720. The molecule has 1 N–H and O–H groups in total. The molecule has 0 bridgehead atoms. The fourth-order valence-corrected chi connectivity index (χ4v) is 3.47. The Morgan fingerprint density at radius 2 is 1.97 bits per heavy atom. The van der Waals surface area contributed by atoms with E-state index in [0.717, 1.165) is 0 Å². The maximum Gasteiger partial charge on any atom is 0.329 e. The molecule has 1 aromatic carbocycles. The lowest BCUT2D eigenvalue weighted by atomic mass is 10.2. The predicted octanol–water partition coefficient (Wildman–Crippen LogP) is 1.38. The lowest BCUT2D eigenvalue weighted by molar-refractivity contribution is -0.152. The van der Waals surface area contributed by atoms with Gasteiger partial charge in [-0.1, -0.05) is 12.1 Å². The monoisotopic (exact) mass is 414 g/mol. The van der Waals surface area contributed by atoms with Gasteiger partial charge in [0.2, 0.25) is 0 Å². The van der Waals surface area contributed by atoms with Crippen LogP contribution in [0.3, 0.4) is 0 Å². The first-order chi connectivity index (χ1) is 14.6. The molecule has 2 aliphatic heterocycles. The summed E-state index contributed by atoms with van der Waals surface area (Å²) < 4.78 is 21.6. The maximum atomic E-state index is 12.4. The molecule has 1 saturated heterocycles. The smallest absolute Gasteiger partial charge is 0.329 e. The summed E-state index contributed by atoms with van der Waals surface area (Å²) in [6, 6.07) is 9.74. The van der Waals surface area contributed by atoms with Crippen molar-refractivity contribution in [2.24, 2.45) is 0 Å². The van der Waals surface area contributed by atoms with E-state index in [2.05, 4.69) is 5.32 Å². The van der Waals surface area contributed by atoms with Crippen LogP contribution in [0.4, 0.5) is 0 Å². The molecule has 1 unspecified atom stereocenters. The number of likely N-dealkylation sites (tertiary alicyclic amines) is 1. The second-order valence-corrected chi connectivity index (χ2v) is 7.04. The van der Waals surface area contributed by atoms with Crippen LogP contribution in [0.2, 0.25) is 0 Å². The van der Waals surface area contributed by atoms with E-state index < -0.39 is 24.5 Å². The third kappa shape index (κ3) is 4.40. The van der Waals surface area contributed by atoms with Crippen LogP contribution in [-0.2, 0) is 14.3 Å². The average molecular weight is 414 g/mol. The Hall–Kier alpha value is -3.49. The highest BCUT2D eigenvalue weighted by atomic mass is 16.6. The van der Waals surface area contributed by atoms with E-state index in [9.17, 15) is 14.4 Å². The predicted molar refractivity (Wildman–Crippen MR) is 103 cm³/mol. The minimum Gasteiger partial charge on any atom is -0.486 e. The first kappa shape index (κ1) is 19.8. The van der Waals surface area contributed by atoms with Crippen molar-refractivity contribution in [2.75, 3.05) is 26.3 Å². The molecular formula is C21H22N2O7. The third-order valence-electron chi connectivity index (χ3n) is 4.96. The Labute approximate surface area is 172 Å². The zero-order chi connectivity index (χ0) is 20.9. The minimum absolute atomic E-state index is 0.170. The summed E-state index contributed by atoms with van der Waals surface area (Å²) in [6.07, 6.45) is 2.23. The van der Waals surface area contributed by atoms with Crippen molar-refractivity contribution >= 4 is 17.8 Å². The number of nitrogens with one attached hydrogen (secondary N) is 1. The number of fused-ring (bicyclic) bond motifs is 1. The molecule has 0 aliphatic carbocycles. The molecule has 0 saturated carbocycles. The molecule has 2 aliphatic rings. The zero-order valence-corrected chi connectivity index (χ0v) is 16.2. The van der Waals surface area contributed by atoms with Gasteiger partial charge in [0, 0.05) is 6.54 Å². The average Bonchev–Trinajstić information content (AvgIpc) is 3.48. The number of para-hydroxylation sites is 2. The van der Waals surface area contributed by atoms with Crippen molar-refractivity contribution in [3.63, 3.8) is 0 Å². The van der Waals surface area contributed by atoms with Crippen molar-refractivity contribution in [1.82, 2.24) is 10.2 Å². The van der Waals surface area contributed by atoms with Gasteiger partial charge < -0.3 is 28.8 Å². The number of hydrogen-bond acceptors (Lipinski definition) is 7. The number of nitrogens with zero attached hydrogens (tertiary/aromatic N) is 1. The summed E-state index contributed by atoms with van der Waals surface area (Å²) in [7, 11) is 0. The van der Waals surface area contributed by atoms with Gasteiger partial charge >= 0.3 is 5.97 Å². The first-order valence-corrected chi connectivity index (χ1v) is 9.78. The SMILES string of the molecule is O=C(COC(=O)[C@@H]1CCCN1C(=O)c1ccco1)NCC1COc2ccccc2O1. The highest BCUT2D eigenvalue weighted by Gasteiger charge is 2.36. The lowest BCUT2D eigenvalue weighted by Crippen LogP contribution is -2.44. The van der Waals surface area contributed by atoms with E-state index in [0.29, 0.717) is 37.5 Å². The van der Waals surface area contributed by atoms with Gasteiger partial charge in [-0.05, 0) is 37.1 Å². The van der Waals surface area contributed by atoms with Crippen molar-refractivity contribution in [3.05, 3.63) is 48.4 Å². The largest absolute Gasteiger partial charge is 0.486 e.